The van der Waals surface area contributed by atoms with E-state index in [1.807, 2.05) is 0 Å². The van der Waals surface area contributed by atoms with Crippen LogP contribution in [0.15, 0.2) is 0 Å². The maximum Gasteiger partial charge on any atom is 0.227 e. The lowest BCUT2D eigenvalue weighted by atomic mass is 9.83. The molecular formula is C17H35NO2Si. The normalized spacial score (nSPS) is 24.4. The Bertz CT molecular complexity index is 349. The van der Waals surface area contributed by atoms with Crippen molar-refractivity contribution in [1.29, 1.82) is 0 Å². The summed E-state index contributed by atoms with van der Waals surface area (Å²) in [5.74, 6) is 0.238. The Morgan fingerprint density at radius 2 is 1.86 bits per heavy atom. The molecule has 1 aliphatic heterocycles. The maximum atomic E-state index is 11.9. The Labute approximate surface area is 132 Å². The molecule has 4 heteroatoms. The second-order valence-corrected chi connectivity index (χ2v) is 12.8. The van der Waals surface area contributed by atoms with Gasteiger partial charge in [0.1, 0.15) is 0 Å². The van der Waals surface area contributed by atoms with Crippen LogP contribution < -0.4 is 5.32 Å². The van der Waals surface area contributed by atoms with E-state index in [1.54, 1.807) is 0 Å². The summed E-state index contributed by atoms with van der Waals surface area (Å²) in [6.07, 6.45) is 6.17. The highest BCUT2D eigenvalue weighted by Gasteiger charge is 2.46. The molecule has 1 heterocycles. The summed E-state index contributed by atoms with van der Waals surface area (Å²) in [6, 6.07) is 0.328. The van der Waals surface area contributed by atoms with Crippen molar-refractivity contribution < 1.29 is 9.22 Å². The second kappa shape index (κ2) is 7.27. The van der Waals surface area contributed by atoms with Crippen LogP contribution >= 0.6 is 0 Å². The van der Waals surface area contributed by atoms with Crippen molar-refractivity contribution in [3.8, 4) is 0 Å². The molecule has 21 heavy (non-hydrogen) atoms. The Balaban J connectivity index is 2.51. The Kier molecular flexibility index (Phi) is 6.48. The molecule has 1 N–H and O–H groups in total. The van der Waals surface area contributed by atoms with Gasteiger partial charge >= 0.3 is 0 Å². The standard InChI is InChI=1S/C17H35NO2Si/c1-8-9-10-11-12-14-15(16(19)18-14)13(2)20-21(6,7)17(3,4)5/h13-15H,8-12H2,1-7H3,(H,18,19)/t13-,14-,15+/m1/s1. The number of unbranched alkanes of at least 4 members (excludes halogenated alkanes) is 3. The van der Waals surface area contributed by atoms with E-state index in [9.17, 15) is 4.79 Å². The van der Waals surface area contributed by atoms with Gasteiger partial charge < -0.3 is 9.74 Å². The van der Waals surface area contributed by atoms with Gasteiger partial charge in [-0.15, -0.1) is 0 Å². The van der Waals surface area contributed by atoms with Crippen LogP contribution in [0.1, 0.15) is 66.7 Å². The molecule has 1 rings (SSSR count). The monoisotopic (exact) mass is 313 g/mol. The van der Waals surface area contributed by atoms with Crippen LogP contribution in [-0.4, -0.2) is 26.4 Å². The Morgan fingerprint density at radius 1 is 1.24 bits per heavy atom. The highest BCUT2D eigenvalue weighted by atomic mass is 28.4. The van der Waals surface area contributed by atoms with Crippen molar-refractivity contribution >= 4 is 14.2 Å². The fourth-order valence-electron chi connectivity index (χ4n) is 2.75. The van der Waals surface area contributed by atoms with Crippen LogP contribution in [0, 0.1) is 5.92 Å². The fourth-order valence-corrected chi connectivity index (χ4v) is 4.18. The number of carbonyl (C=O) groups excluding carboxylic acids is 1. The molecule has 0 radical (unpaired) electrons. The third-order valence-corrected chi connectivity index (χ3v) is 9.80. The van der Waals surface area contributed by atoms with Gasteiger partial charge in [0.05, 0.1) is 12.0 Å². The Hall–Kier alpha value is -0.353. The fraction of sp³-hybridized carbons (Fsp3) is 0.941. The van der Waals surface area contributed by atoms with Gasteiger partial charge in [0.2, 0.25) is 5.91 Å². The van der Waals surface area contributed by atoms with E-state index >= 15 is 0 Å². The van der Waals surface area contributed by atoms with E-state index in [0.717, 1.165) is 6.42 Å². The molecule has 3 nitrogen and oxygen atoms in total. The Morgan fingerprint density at radius 3 is 2.33 bits per heavy atom. The quantitative estimate of drug-likeness (QED) is 0.407. The van der Waals surface area contributed by atoms with E-state index in [1.165, 1.54) is 25.7 Å². The molecule has 124 valence electrons. The molecule has 1 saturated heterocycles. The molecule has 3 atom stereocenters. The minimum absolute atomic E-state index is 0.0378. The summed E-state index contributed by atoms with van der Waals surface area (Å²) in [5.41, 5.74) is 0. The van der Waals surface area contributed by atoms with Crippen molar-refractivity contribution in [2.75, 3.05) is 0 Å². The number of hydrogen-bond donors (Lipinski definition) is 1. The number of hydrogen-bond acceptors (Lipinski definition) is 2. The van der Waals surface area contributed by atoms with Gasteiger partial charge in [-0.1, -0.05) is 53.4 Å². The summed E-state index contributed by atoms with van der Waals surface area (Å²) in [7, 11) is -1.80. The molecule has 1 amide bonds. The summed E-state index contributed by atoms with van der Waals surface area (Å²) in [6.45, 7) is 15.6. The molecule has 0 spiro atoms. The number of carbonyl (C=O) groups is 1. The SMILES string of the molecule is CCCCCC[C@H]1NC(=O)[C@H]1[C@@H](C)O[Si](C)(C)C(C)(C)C. The van der Waals surface area contributed by atoms with E-state index in [-0.39, 0.29) is 23.0 Å². The third-order valence-electron chi connectivity index (χ3n) is 5.23. The average molecular weight is 314 g/mol. The predicted molar refractivity (Wildman–Crippen MR) is 91.9 cm³/mol. The molecule has 1 aliphatic rings. The van der Waals surface area contributed by atoms with Crippen molar-refractivity contribution in [2.24, 2.45) is 5.92 Å². The highest BCUT2D eigenvalue weighted by Crippen LogP contribution is 2.39. The molecular weight excluding hydrogens is 278 g/mol. The summed E-state index contributed by atoms with van der Waals surface area (Å²) >= 11 is 0. The summed E-state index contributed by atoms with van der Waals surface area (Å²) in [5, 5.41) is 3.26. The molecule has 0 unspecified atom stereocenters. The molecule has 0 aromatic rings. The van der Waals surface area contributed by atoms with Crippen LogP contribution in [0.25, 0.3) is 0 Å². The van der Waals surface area contributed by atoms with Crippen LogP contribution in [0.4, 0.5) is 0 Å². The molecule has 0 bridgehead atoms. The first kappa shape index (κ1) is 18.7. The average Bonchev–Trinajstić information content (AvgIpc) is 2.30. The third kappa shape index (κ3) is 4.81. The van der Waals surface area contributed by atoms with Crippen molar-refractivity contribution in [1.82, 2.24) is 5.32 Å². The van der Waals surface area contributed by atoms with Crippen molar-refractivity contribution in [2.45, 2.75) is 97.0 Å². The lowest BCUT2D eigenvalue weighted by molar-refractivity contribution is -0.140. The first-order chi connectivity index (χ1) is 9.60. The predicted octanol–water partition coefficient (Wildman–Crippen LogP) is 4.48. The molecule has 0 aromatic heterocycles. The number of nitrogens with one attached hydrogen (secondary N) is 1. The van der Waals surface area contributed by atoms with E-state index < -0.39 is 8.32 Å². The van der Waals surface area contributed by atoms with Crippen molar-refractivity contribution in [3.63, 3.8) is 0 Å². The summed E-state index contributed by atoms with van der Waals surface area (Å²) in [4.78, 5) is 11.9. The largest absolute Gasteiger partial charge is 0.413 e. The lowest BCUT2D eigenvalue weighted by Crippen LogP contribution is -2.63. The molecule has 0 saturated carbocycles. The zero-order valence-electron chi connectivity index (χ0n) is 15.1. The molecule has 0 aliphatic carbocycles. The van der Waals surface area contributed by atoms with E-state index in [2.05, 4.69) is 53.0 Å². The number of rotatable bonds is 8. The smallest absolute Gasteiger partial charge is 0.227 e. The minimum atomic E-state index is -1.80. The van der Waals surface area contributed by atoms with Crippen LogP contribution in [0.5, 0.6) is 0 Å². The number of amides is 1. The molecule has 1 fully saturated rings. The minimum Gasteiger partial charge on any atom is -0.413 e. The second-order valence-electron chi connectivity index (χ2n) is 8.07. The topological polar surface area (TPSA) is 38.3 Å². The number of β-lactam (4-membered cyclic amide) rings is 1. The zero-order valence-corrected chi connectivity index (χ0v) is 16.1. The van der Waals surface area contributed by atoms with Crippen molar-refractivity contribution in [3.05, 3.63) is 0 Å². The zero-order chi connectivity index (χ0) is 16.3. The first-order valence-electron chi connectivity index (χ1n) is 8.58. The van der Waals surface area contributed by atoms with E-state index in [4.69, 9.17) is 4.43 Å². The van der Waals surface area contributed by atoms with Gasteiger partial charge in [0, 0.05) is 6.04 Å². The van der Waals surface area contributed by atoms with E-state index in [0.29, 0.717) is 6.04 Å². The molecule has 0 aromatic carbocycles. The van der Waals surface area contributed by atoms with Crippen LogP contribution in [0.2, 0.25) is 18.1 Å². The van der Waals surface area contributed by atoms with Crippen LogP contribution in [0.3, 0.4) is 0 Å². The van der Waals surface area contributed by atoms with Gasteiger partial charge in [-0.3, -0.25) is 4.79 Å². The maximum absolute atomic E-state index is 11.9. The van der Waals surface area contributed by atoms with Gasteiger partial charge in [0.25, 0.3) is 0 Å². The van der Waals surface area contributed by atoms with Gasteiger partial charge in [-0.25, -0.2) is 0 Å². The van der Waals surface area contributed by atoms with Gasteiger partial charge in [0.15, 0.2) is 8.32 Å². The van der Waals surface area contributed by atoms with Crippen LogP contribution in [-0.2, 0) is 9.22 Å². The summed E-state index contributed by atoms with van der Waals surface area (Å²) < 4.78 is 6.41. The lowest BCUT2D eigenvalue weighted by Gasteiger charge is -2.45. The highest BCUT2D eigenvalue weighted by molar-refractivity contribution is 6.74. The van der Waals surface area contributed by atoms with Gasteiger partial charge in [-0.2, -0.15) is 0 Å². The first-order valence-corrected chi connectivity index (χ1v) is 11.5. The van der Waals surface area contributed by atoms with Gasteiger partial charge in [-0.05, 0) is 31.5 Å².